The highest BCUT2D eigenvalue weighted by molar-refractivity contribution is 9.11. The molecule has 0 bridgehead atoms. The smallest absolute Gasteiger partial charge is 0.197 e. The summed E-state index contributed by atoms with van der Waals surface area (Å²) in [4.78, 5) is 5.88. The lowest BCUT2D eigenvalue weighted by Gasteiger charge is -2.14. The molecule has 0 amide bonds. The van der Waals surface area contributed by atoms with Crippen molar-refractivity contribution < 1.29 is 4.42 Å². The number of halogens is 1. The fourth-order valence-electron chi connectivity index (χ4n) is 2.36. The van der Waals surface area contributed by atoms with Gasteiger partial charge in [0, 0.05) is 11.3 Å². The molecule has 110 valence electrons. The van der Waals surface area contributed by atoms with Crippen LogP contribution in [0.4, 0.5) is 0 Å². The second-order valence-corrected chi connectivity index (χ2v) is 7.40. The third-order valence-corrected chi connectivity index (χ3v) is 5.64. The number of rotatable bonds is 5. The molecule has 0 radical (unpaired) electrons. The van der Waals surface area contributed by atoms with Gasteiger partial charge in [-0.2, -0.15) is 0 Å². The second kappa shape index (κ2) is 6.30. The van der Waals surface area contributed by atoms with Gasteiger partial charge in [0.2, 0.25) is 0 Å². The largest absolute Gasteiger partial charge is 0.441 e. The van der Waals surface area contributed by atoms with Gasteiger partial charge < -0.3 is 9.73 Å². The lowest BCUT2D eigenvalue weighted by atomic mass is 10.1. The van der Waals surface area contributed by atoms with Gasteiger partial charge in [0.1, 0.15) is 5.52 Å². The zero-order valence-corrected chi connectivity index (χ0v) is 14.4. The molecule has 1 unspecified atom stereocenters. The summed E-state index contributed by atoms with van der Waals surface area (Å²) in [6.07, 6.45) is 0.759. The van der Waals surface area contributed by atoms with E-state index in [1.54, 1.807) is 11.3 Å². The monoisotopic (exact) mass is 364 g/mol. The molecule has 0 aliphatic carbocycles. The molecule has 0 spiro atoms. The third-order valence-electron chi connectivity index (χ3n) is 3.39. The Morgan fingerprint density at radius 2 is 2.19 bits per heavy atom. The predicted molar refractivity (Wildman–Crippen MR) is 90.9 cm³/mol. The quantitative estimate of drug-likeness (QED) is 0.702. The van der Waals surface area contributed by atoms with Crippen molar-refractivity contribution in [2.75, 3.05) is 6.54 Å². The fraction of sp³-hybridized carbons (Fsp3) is 0.312. The molecule has 1 atom stereocenters. The van der Waals surface area contributed by atoms with E-state index in [1.165, 1.54) is 14.2 Å². The molecule has 0 saturated heterocycles. The van der Waals surface area contributed by atoms with Gasteiger partial charge in [0.05, 0.1) is 9.83 Å². The maximum Gasteiger partial charge on any atom is 0.197 e. The van der Waals surface area contributed by atoms with Crippen LogP contribution in [-0.4, -0.2) is 11.5 Å². The van der Waals surface area contributed by atoms with Crippen molar-refractivity contribution in [1.82, 2.24) is 10.3 Å². The van der Waals surface area contributed by atoms with Crippen LogP contribution in [0.5, 0.6) is 0 Å². The minimum absolute atomic E-state index is 0.234. The minimum Gasteiger partial charge on any atom is -0.441 e. The van der Waals surface area contributed by atoms with Gasteiger partial charge in [0.15, 0.2) is 11.5 Å². The van der Waals surface area contributed by atoms with Crippen molar-refractivity contribution in [3.8, 4) is 0 Å². The maximum atomic E-state index is 5.85. The number of benzene rings is 1. The fourth-order valence-corrected chi connectivity index (χ4v) is 4.00. The molecule has 2 heterocycles. The molecule has 5 heteroatoms. The van der Waals surface area contributed by atoms with E-state index >= 15 is 0 Å². The summed E-state index contributed by atoms with van der Waals surface area (Å²) >= 11 is 5.37. The van der Waals surface area contributed by atoms with Gasteiger partial charge in [0.25, 0.3) is 0 Å². The first-order valence-electron chi connectivity index (χ1n) is 7.01. The molecule has 1 aromatic carbocycles. The average Bonchev–Trinajstić information content (AvgIpc) is 3.02. The van der Waals surface area contributed by atoms with Crippen molar-refractivity contribution in [2.45, 2.75) is 26.3 Å². The summed E-state index contributed by atoms with van der Waals surface area (Å²) in [6.45, 7) is 5.15. The van der Waals surface area contributed by atoms with Crippen LogP contribution < -0.4 is 5.32 Å². The highest BCUT2D eigenvalue weighted by Gasteiger charge is 2.18. The summed E-state index contributed by atoms with van der Waals surface area (Å²) in [5.74, 6) is 0.782. The number of nitrogens with one attached hydrogen (secondary N) is 1. The van der Waals surface area contributed by atoms with Crippen molar-refractivity contribution in [3.05, 3.63) is 50.4 Å². The van der Waals surface area contributed by atoms with E-state index in [2.05, 4.69) is 46.1 Å². The molecular formula is C16H17BrN2OS. The number of hydrogen-bond acceptors (Lipinski definition) is 4. The molecule has 0 aliphatic heterocycles. The van der Waals surface area contributed by atoms with Crippen molar-refractivity contribution >= 4 is 38.4 Å². The van der Waals surface area contributed by atoms with Gasteiger partial charge in [-0.15, -0.1) is 11.3 Å². The minimum atomic E-state index is 0.234. The van der Waals surface area contributed by atoms with E-state index in [4.69, 9.17) is 4.42 Å². The van der Waals surface area contributed by atoms with Gasteiger partial charge in [-0.05, 0) is 53.2 Å². The Balaban J connectivity index is 1.87. The van der Waals surface area contributed by atoms with Crippen LogP contribution in [0.2, 0.25) is 0 Å². The Morgan fingerprint density at radius 3 is 2.86 bits per heavy atom. The van der Waals surface area contributed by atoms with Gasteiger partial charge in [-0.3, -0.25) is 0 Å². The topological polar surface area (TPSA) is 38.1 Å². The van der Waals surface area contributed by atoms with Crippen molar-refractivity contribution in [2.24, 2.45) is 0 Å². The molecule has 3 rings (SSSR count). The molecule has 0 saturated carbocycles. The standard InChI is InChI=1S/C16H17BrN2OS/c1-3-18-12(14-8-10(2)16(17)21-14)9-15-19-11-6-4-5-7-13(11)20-15/h4-8,12,18H,3,9H2,1-2H3. The van der Waals surface area contributed by atoms with E-state index < -0.39 is 0 Å². The maximum absolute atomic E-state index is 5.85. The lowest BCUT2D eigenvalue weighted by molar-refractivity contribution is 0.464. The average molecular weight is 365 g/mol. The number of likely N-dealkylation sites (N-methyl/N-ethyl adjacent to an activating group) is 1. The number of aromatic nitrogens is 1. The first-order chi connectivity index (χ1) is 10.2. The van der Waals surface area contributed by atoms with E-state index in [1.807, 2.05) is 24.3 Å². The van der Waals surface area contributed by atoms with Crippen molar-refractivity contribution in [1.29, 1.82) is 0 Å². The van der Waals surface area contributed by atoms with Gasteiger partial charge in [-0.25, -0.2) is 4.98 Å². The van der Waals surface area contributed by atoms with Gasteiger partial charge in [-0.1, -0.05) is 19.1 Å². The summed E-state index contributed by atoms with van der Waals surface area (Å²) in [5, 5.41) is 3.52. The predicted octanol–water partition coefficient (Wildman–Crippen LogP) is 4.85. The van der Waals surface area contributed by atoms with Crippen LogP contribution in [0.1, 0.15) is 29.3 Å². The number of para-hydroxylation sites is 2. The highest BCUT2D eigenvalue weighted by Crippen LogP contribution is 2.33. The third kappa shape index (κ3) is 3.20. The Bertz CT molecular complexity index is 697. The molecule has 0 aliphatic rings. The Kier molecular flexibility index (Phi) is 4.42. The number of fused-ring (bicyclic) bond motifs is 1. The van der Waals surface area contributed by atoms with Crippen LogP contribution in [0.15, 0.2) is 38.5 Å². The number of thiophene rings is 1. The lowest BCUT2D eigenvalue weighted by Crippen LogP contribution is -2.22. The zero-order chi connectivity index (χ0) is 14.8. The summed E-state index contributed by atoms with van der Waals surface area (Å²) in [7, 11) is 0. The molecule has 3 nitrogen and oxygen atoms in total. The zero-order valence-electron chi connectivity index (χ0n) is 12.0. The molecule has 21 heavy (non-hydrogen) atoms. The summed E-state index contributed by atoms with van der Waals surface area (Å²) < 4.78 is 7.04. The number of hydrogen-bond donors (Lipinski definition) is 1. The Hall–Kier alpha value is -1.17. The van der Waals surface area contributed by atoms with E-state index in [9.17, 15) is 0 Å². The highest BCUT2D eigenvalue weighted by atomic mass is 79.9. The molecular weight excluding hydrogens is 348 g/mol. The van der Waals surface area contributed by atoms with Crippen LogP contribution in [0, 0.1) is 6.92 Å². The SMILES string of the molecule is CCNC(Cc1nc2ccccc2o1)c1cc(C)c(Br)s1. The van der Waals surface area contributed by atoms with E-state index in [-0.39, 0.29) is 6.04 Å². The van der Waals surface area contributed by atoms with Crippen LogP contribution >= 0.6 is 27.3 Å². The summed E-state index contributed by atoms with van der Waals surface area (Å²) in [6, 6.07) is 10.4. The Morgan fingerprint density at radius 1 is 1.38 bits per heavy atom. The van der Waals surface area contributed by atoms with Crippen LogP contribution in [0.3, 0.4) is 0 Å². The van der Waals surface area contributed by atoms with E-state index in [0.29, 0.717) is 0 Å². The number of nitrogens with zero attached hydrogens (tertiary/aromatic N) is 1. The second-order valence-electron chi connectivity index (χ2n) is 5.00. The molecule has 1 N–H and O–H groups in total. The van der Waals surface area contributed by atoms with E-state index in [0.717, 1.165) is 30.0 Å². The normalized spacial score (nSPS) is 12.9. The molecule has 3 aromatic rings. The van der Waals surface area contributed by atoms with Crippen molar-refractivity contribution in [3.63, 3.8) is 0 Å². The Labute approximate surface area is 136 Å². The van der Waals surface area contributed by atoms with Gasteiger partial charge >= 0.3 is 0 Å². The molecule has 0 fully saturated rings. The number of oxazole rings is 1. The van der Waals surface area contributed by atoms with Crippen LogP contribution in [0.25, 0.3) is 11.1 Å². The van der Waals surface area contributed by atoms with Crippen LogP contribution in [-0.2, 0) is 6.42 Å². The molecule has 2 aromatic heterocycles. The first kappa shape index (κ1) is 14.8. The number of aryl methyl sites for hydroxylation is 1. The summed E-state index contributed by atoms with van der Waals surface area (Å²) in [5.41, 5.74) is 3.05. The first-order valence-corrected chi connectivity index (χ1v) is 8.62.